The molecule has 0 aliphatic carbocycles. The lowest BCUT2D eigenvalue weighted by Crippen LogP contribution is -2.36. The normalized spacial score (nSPS) is 9.79. The number of nitriles is 2. The average molecular weight is 375 g/mol. The minimum atomic E-state index is -0.499. The number of amides is 1. The second-order valence-electron chi connectivity index (χ2n) is 6.10. The molecule has 0 heterocycles. The van der Waals surface area contributed by atoms with E-state index >= 15 is 0 Å². The largest absolute Gasteiger partial charge is 0.455 e. The van der Waals surface area contributed by atoms with E-state index in [9.17, 15) is 9.59 Å². The number of ether oxygens (including phenoxy) is 1. The molecule has 0 N–H and O–H groups in total. The van der Waals surface area contributed by atoms with Crippen LogP contribution in [-0.4, -0.2) is 36.5 Å². The molecule has 1 amide bonds. The highest BCUT2D eigenvalue weighted by Crippen LogP contribution is 2.19. The van der Waals surface area contributed by atoms with Gasteiger partial charge in [0.05, 0.1) is 31.4 Å². The van der Waals surface area contributed by atoms with E-state index in [0.29, 0.717) is 0 Å². The number of carbonyl (C=O) groups excluding carboxylic acids is 2. The summed E-state index contributed by atoms with van der Waals surface area (Å²) in [6.45, 7) is 0.0445. The zero-order valence-corrected chi connectivity index (χ0v) is 15.5. The number of benzene rings is 2. The van der Waals surface area contributed by atoms with Crippen molar-refractivity contribution in [2.75, 3.05) is 19.7 Å². The van der Waals surface area contributed by atoms with Gasteiger partial charge in [-0.25, -0.2) is 0 Å². The molecule has 0 bridgehead atoms. The summed E-state index contributed by atoms with van der Waals surface area (Å²) in [5.41, 5.74) is 2.94. The fraction of sp³-hybridized carbons (Fsp3) is 0.273. The molecule has 28 heavy (non-hydrogen) atoms. The van der Waals surface area contributed by atoms with Gasteiger partial charge in [-0.05, 0) is 16.7 Å². The van der Waals surface area contributed by atoms with Gasteiger partial charge in [0.1, 0.15) is 0 Å². The van der Waals surface area contributed by atoms with Crippen LogP contribution in [0.25, 0.3) is 11.1 Å². The lowest BCUT2D eigenvalue weighted by Gasteiger charge is -2.20. The SMILES string of the molecule is N#CCCN(CCC#N)C(=O)COC(=O)Cc1ccc(-c2ccccc2)cc1. The molecule has 0 spiro atoms. The van der Waals surface area contributed by atoms with Gasteiger partial charge in [-0.1, -0.05) is 54.6 Å². The van der Waals surface area contributed by atoms with Crippen molar-refractivity contribution in [3.63, 3.8) is 0 Å². The van der Waals surface area contributed by atoms with Crippen molar-refractivity contribution in [3.8, 4) is 23.3 Å². The van der Waals surface area contributed by atoms with E-state index in [4.69, 9.17) is 15.3 Å². The summed E-state index contributed by atoms with van der Waals surface area (Å²) >= 11 is 0. The smallest absolute Gasteiger partial charge is 0.310 e. The van der Waals surface area contributed by atoms with Crippen molar-refractivity contribution >= 4 is 11.9 Å². The first-order valence-electron chi connectivity index (χ1n) is 8.95. The topological polar surface area (TPSA) is 94.2 Å². The van der Waals surface area contributed by atoms with Crippen LogP contribution in [0.2, 0.25) is 0 Å². The Hall–Kier alpha value is -3.64. The van der Waals surface area contributed by atoms with E-state index in [-0.39, 0.29) is 32.4 Å². The summed E-state index contributed by atoms with van der Waals surface area (Å²) in [5, 5.41) is 17.3. The Morgan fingerprint density at radius 1 is 0.857 bits per heavy atom. The molecular formula is C22H21N3O3. The van der Waals surface area contributed by atoms with Crippen molar-refractivity contribution in [1.29, 1.82) is 10.5 Å². The molecule has 2 aromatic carbocycles. The summed E-state index contributed by atoms with van der Waals surface area (Å²) in [6.07, 6.45) is 0.399. The number of rotatable bonds is 9. The predicted octanol–water partition coefficient (Wildman–Crippen LogP) is 3.10. The second-order valence-corrected chi connectivity index (χ2v) is 6.10. The maximum absolute atomic E-state index is 12.1. The first-order valence-corrected chi connectivity index (χ1v) is 8.95. The van der Waals surface area contributed by atoms with Gasteiger partial charge in [0.2, 0.25) is 0 Å². The third-order valence-corrected chi connectivity index (χ3v) is 4.11. The fourth-order valence-electron chi connectivity index (χ4n) is 2.63. The molecule has 0 saturated heterocycles. The Labute approximate surface area is 164 Å². The van der Waals surface area contributed by atoms with E-state index in [0.717, 1.165) is 16.7 Å². The van der Waals surface area contributed by atoms with Crippen molar-refractivity contribution in [3.05, 3.63) is 60.2 Å². The van der Waals surface area contributed by atoms with E-state index in [1.165, 1.54) is 4.90 Å². The first-order chi connectivity index (χ1) is 13.6. The molecule has 0 aliphatic heterocycles. The zero-order chi connectivity index (χ0) is 20.2. The third-order valence-electron chi connectivity index (χ3n) is 4.11. The summed E-state index contributed by atoms with van der Waals surface area (Å²) < 4.78 is 5.07. The van der Waals surface area contributed by atoms with Crippen molar-refractivity contribution < 1.29 is 14.3 Å². The van der Waals surface area contributed by atoms with Crippen molar-refractivity contribution in [1.82, 2.24) is 4.90 Å². The van der Waals surface area contributed by atoms with Crippen molar-refractivity contribution in [2.24, 2.45) is 0 Å². The monoisotopic (exact) mass is 375 g/mol. The highest BCUT2D eigenvalue weighted by molar-refractivity contribution is 5.81. The van der Waals surface area contributed by atoms with Crippen LogP contribution >= 0.6 is 0 Å². The highest BCUT2D eigenvalue weighted by atomic mass is 16.5. The Bertz CT molecular complexity index is 847. The van der Waals surface area contributed by atoms with Crippen molar-refractivity contribution in [2.45, 2.75) is 19.3 Å². The maximum atomic E-state index is 12.1. The Balaban J connectivity index is 1.85. The molecule has 6 nitrogen and oxygen atoms in total. The van der Waals surface area contributed by atoms with E-state index in [1.54, 1.807) is 0 Å². The molecule has 142 valence electrons. The lowest BCUT2D eigenvalue weighted by atomic mass is 10.0. The van der Waals surface area contributed by atoms with Crippen LogP contribution in [0.5, 0.6) is 0 Å². The van der Waals surface area contributed by atoms with Gasteiger partial charge >= 0.3 is 5.97 Å². The summed E-state index contributed by atoms with van der Waals surface area (Å²) in [7, 11) is 0. The van der Waals surface area contributed by atoms with E-state index in [1.807, 2.05) is 66.7 Å². The Kier molecular flexibility index (Phi) is 8.23. The van der Waals surface area contributed by atoms with E-state index < -0.39 is 18.5 Å². The van der Waals surface area contributed by atoms with Crippen LogP contribution in [0.3, 0.4) is 0 Å². The molecule has 0 fully saturated rings. The molecule has 0 unspecified atom stereocenters. The van der Waals surface area contributed by atoms with Crippen LogP contribution in [0, 0.1) is 22.7 Å². The van der Waals surface area contributed by atoms with Gasteiger partial charge in [-0.2, -0.15) is 10.5 Å². The average Bonchev–Trinajstić information content (AvgIpc) is 2.73. The predicted molar refractivity (Wildman–Crippen MR) is 104 cm³/mol. The molecule has 0 radical (unpaired) electrons. The first kappa shape index (κ1) is 20.7. The molecule has 0 saturated carbocycles. The molecule has 0 aliphatic rings. The number of hydrogen-bond acceptors (Lipinski definition) is 5. The number of esters is 1. The lowest BCUT2D eigenvalue weighted by molar-refractivity contribution is -0.151. The summed E-state index contributed by atoms with van der Waals surface area (Å²) in [5.74, 6) is -0.903. The molecular weight excluding hydrogens is 354 g/mol. The Morgan fingerprint density at radius 3 is 2.00 bits per heavy atom. The van der Waals surface area contributed by atoms with Crippen LogP contribution in [0.15, 0.2) is 54.6 Å². The minimum Gasteiger partial charge on any atom is -0.455 e. The highest BCUT2D eigenvalue weighted by Gasteiger charge is 2.15. The fourth-order valence-corrected chi connectivity index (χ4v) is 2.63. The van der Waals surface area contributed by atoms with Gasteiger partial charge in [0.15, 0.2) is 6.61 Å². The molecule has 2 aromatic rings. The zero-order valence-electron chi connectivity index (χ0n) is 15.5. The van der Waals surface area contributed by atoms with Crippen LogP contribution in [0.4, 0.5) is 0 Å². The van der Waals surface area contributed by atoms with Gasteiger partial charge in [-0.15, -0.1) is 0 Å². The standard InChI is InChI=1S/C22H21N3O3/c23-12-4-14-25(15-5-13-24)21(26)17-28-22(27)16-18-8-10-20(11-9-18)19-6-2-1-3-7-19/h1-3,6-11H,4-5,14-17H2. The van der Waals surface area contributed by atoms with Gasteiger partial charge in [0.25, 0.3) is 5.91 Å². The molecule has 2 rings (SSSR count). The van der Waals surface area contributed by atoms with Crippen LogP contribution < -0.4 is 0 Å². The number of nitrogens with zero attached hydrogens (tertiary/aromatic N) is 3. The number of carbonyl (C=O) groups is 2. The summed E-state index contributed by atoms with van der Waals surface area (Å²) in [4.78, 5) is 25.5. The Morgan fingerprint density at radius 2 is 1.43 bits per heavy atom. The van der Waals surface area contributed by atoms with Gasteiger partial charge in [0, 0.05) is 13.1 Å². The summed E-state index contributed by atoms with van der Waals surface area (Å²) in [6, 6.07) is 21.4. The minimum absolute atomic E-state index is 0.0682. The second kappa shape index (κ2) is 11.2. The van der Waals surface area contributed by atoms with Crippen LogP contribution in [0.1, 0.15) is 18.4 Å². The van der Waals surface area contributed by atoms with Crippen LogP contribution in [-0.2, 0) is 20.7 Å². The maximum Gasteiger partial charge on any atom is 0.310 e. The van der Waals surface area contributed by atoms with Gasteiger partial charge < -0.3 is 9.64 Å². The molecule has 0 aromatic heterocycles. The third kappa shape index (κ3) is 6.59. The molecule has 6 heteroatoms. The van der Waals surface area contributed by atoms with Gasteiger partial charge in [-0.3, -0.25) is 9.59 Å². The number of hydrogen-bond donors (Lipinski definition) is 0. The van der Waals surface area contributed by atoms with E-state index in [2.05, 4.69) is 0 Å². The quantitative estimate of drug-likeness (QED) is 0.628. The molecule has 0 atom stereocenters.